The molecular weight excluding hydrogens is 292 g/mol. The van der Waals surface area contributed by atoms with E-state index >= 15 is 0 Å². The summed E-state index contributed by atoms with van der Waals surface area (Å²) in [6, 6.07) is 8.07. The summed E-state index contributed by atoms with van der Waals surface area (Å²) < 4.78 is 2.01. The summed E-state index contributed by atoms with van der Waals surface area (Å²) in [6.45, 7) is 4.69. The van der Waals surface area contributed by atoms with Crippen molar-refractivity contribution in [2.75, 3.05) is 6.54 Å². The summed E-state index contributed by atoms with van der Waals surface area (Å²) in [5.74, 6) is 0.849. The third kappa shape index (κ3) is 3.39. The number of aromatic nitrogens is 5. The predicted octanol–water partition coefficient (Wildman–Crippen LogP) is 1.64. The molecule has 2 aromatic heterocycles. The van der Waals surface area contributed by atoms with Gasteiger partial charge in [0.2, 0.25) is 5.91 Å². The number of para-hydroxylation sites is 1. The first kappa shape index (κ1) is 15.2. The van der Waals surface area contributed by atoms with Gasteiger partial charge in [0.1, 0.15) is 12.2 Å². The van der Waals surface area contributed by atoms with E-state index in [4.69, 9.17) is 0 Å². The molecule has 0 saturated heterocycles. The molecule has 0 aliphatic rings. The van der Waals surface area contributed by atoms with Gasteiger partial charge in [-0.25, -0.2) is 0 Å². The molecule has 120 valence electrons. The number of nitrogens with one attached hydrogen (secondary N) is 2. The molecule has 7 nitrogen and oxygen atoms in total. The number of carbonyl (C=O) groups excluding carboxylic acids is 1. The molecule has 7 heteroatoms. The molecule has 0 aliphatic heterocycles. The lowest BCUT2D eigenvalue weighted by Crippen LogP contribution is -2.28. The van der Waals surface area contributed by atoms with Crippen LogP contribution in [0, 0.1) is 0 Å². The first-order valence-corrected chi connectivity index (χ1v) is 7.72. The first-order valence-electron chi connectivity index (χ1n) is 7.72. The normalized spacial score (nSPS) is 11.3. The number of carbonyl (C=O) groups is 1. The first-order chi connectivity index (χ1) is 11.1. The number of amides is 1. The second-order valence-electron chi connectivity index (χ2n) is 5.74. The van der Waals surface area contributed by atoms with Gasteiger partial charge >= 0.3 is 0 Å². The van der Waals surface area contributed by atoms with Crippen molar-refractivity contribution in [2.45, 2.75) is 32.7 Å². The molecule has 0 unspecified atom stereocenters. The Morgan fingerprint density at radius 3 is 3.00 bits per heavy atom. The summed E-state index contributed by atoms with van der Waals surface area (Å²) in [5, 5.41) is 19.1. The van der Waals surface area contributed by atoms with Crippen LogP contribution in [0.3, 0.4) is 0 Å². The van der Waals surface area contributed by atoms with Crippen LogP contribution >= 0.6 is 0 Å². The average Bonchev–Trinajstić information content (AvgIpc) is 3.15. The molecule has 0 bridgehead atoms. The number of rotatable bonds is 6. The summed E-state index contributed by atoms with van der Waals surface area (Å²) >= 11 is 0. The van der Waals surface area contributed by atoms with E-state index in [0.29, 0.717) is 19.0 Å². The minimum absolute atomic E-state index is 0.0324. The number of benzene rings is 1. The van der Waals surface area contributed by atoms with Crippen LogP contribution < -0.4 is 5.32 Å². The lowest BCUT2D eigenvalue weighted by atomic mass is 10.1. The van der Waals surface area contributed by atoms with Crippen molar-refractivity contribution in [2.24, 2.45) is 0 Å². The van der Waals surface area contributed by atoms with Crippen LogP contribution in [0.5, 0.6) is 0 Å². The van der Waals surface area contributed by atoms with E-state index in [1.54, 1.807) is 6.33 Å². The van der Waals surface area contributed by atoms with E-state index < -0.39 is 0 Å². The molecule has 3 aromatic rings. The maximum absolute atomic E-state index is 12.1. The lowest BCUT2D eigenvalue weighted by Gasteiger charge is -2.10. The van der Waals surface area contributed by atoms with Gasteiger partial charge in [0, 0.05) is 24.4 Å². The Bertz CT molecular complexity index is 804. The molecule has 0 radical (unpaired) electrons. The zero-order valence-electron chi connectivity index (χ0n) is 13.3. The van der Waals surface area contributed by atoms with E-state index in [0.717, 1.165) is 22.4 Å². The van der Waals surface area contributed by atoms with Gasteiger partial charge < -0.3 is 9.88 Å². The Balaban J connectivity index is 1.55. The molecule has 0 spiro atoms. The second-order valence-corrected chi connectivity index (χ2v) is 5.74. The molecular formula is C16H20N6O. The summed E-state index contributed by atoms with van der Waals surface area (Å²) in [5.41, 5.74) is 1.71. The van der Waals surface area contributed by atoms with Gasteiger partial charge in [0.15, 0.2) is 0 Å². The zero-order chi connectivity index (χ0) is 16.2. The van der Waals surface area contributed by atoms with Gasteiger partial charge in [-0.1, -0.05) is 18.2 Å². The standard InChI is InChI=1S/C16H20N6O/c1-11(2)22-10-18-21-15(22)7-8-17-16(23)9-14-12-5-3-4-6-13(12)19-20-14/h3-6,10-11H,7-9H2,1-2H3,(H,17,23)(H,19,20). The van der Waals surface area contributed by atoms with Crippen LogP contribution in [0.25, 0.3) is 10.9 Å². The smallest absolute Gasteiger partial charge is 0.226 e. The zero-order valence-corrected chi connectivity index (χ0v) is 13.3. The van der Waals surface area contributed by atoms with Gasteiger partial charge in [-0.3, -0.25) is 9.89 Å². The number of nitrogens with zero attached hydrogens (tertiary/aromatic N) is 4. The van der Waals surface area contributed by atoms with Gasteiger partial charge in [0.25, 0.3) is 0 Å². The third-order valence-corrected chi connectivity index (χ3v) is 3.75. The number of aromatic amines is 1. The van der Waals surface area contributed by atoms with Crippen molar-refractivity contribution >= 4 is 16.8 Å². The van der Waals surface area contributed by atoms with Crippen LogP contribution in [-0.2, 0) is 17.6 Å². The Hall–Kier alpha value is -2.70. The number of H-pyrrole nitrogens is 1. The largest absolute Gasteiger partial charge is 0.355 e. The van der Waals surface area contributed by atoms with Crippen molar-refractivity contribution in [1.29, 1.82) is 0 Å². The highest BCUT2D eigenvalue weighted by Gasteiger charge is 2.11. The number of hydrogen-bond acceptors (Lipinski definition) is 4. The second kappa shape index (κ2) is 6.60. The van der Waals surface area contributed by atoms with Crippen molar-refractivity contribution in [3.8, 4) is 0 Å². The fourth-order valence-corrected chi connectivity index (χ4v) is 2.56. The predicted molar refractivity (Wildman–Crippen MR) is 86.9 cm³/mol. The SMILES string of the molecule is CC(C)n1cnnc1CCNC(=O)Cc1[nH]nc2ccccc12. The molecule has 2 heterocycles. The molecule has 3 rings (SSSR count). The Morgan fingerprint density at radius 1 is 1.35 bits per heavy atom. The van der Waals surface area contributed by atoms with Gasteiger partial charge in [-0.2, -0.15) is 5.10 Å². The summed E-state index contributed by atoms with van der Waals surface area (Å²) in [7, 11) is 0. The molecule has 23 heavy (non-hydrogen) atoms. The Labute approximate surface area is 134 Å². The molecule has 1 amide bonds. The van der Waals surface area contributed by atoms with E-state index in [1.165, 1.54) is 0 Å². The lowest BCUT2D eigenvalue weighted by molar-refractivity contribution is -0.120. The fraction of sp³-hybridized carbons (Fsp3) is 0.375. The fourth-order valence-electron chi connectivity index (χ4n) is 2.56. The summed E-state index contributed by atoms with van der Waals surface area (Å²) in [4.78, 5) is 12.1. The highest BCUT2D eigenvalue weighted by molar-refractivity contribution is 5.87. The number of fused-ring (bicyclic) bond motifs is 1. The van der Waals surface area contributed by atoms with Gasteiger partial charge in [-0.15, -0.1) is 10.2 Å². The van der Waals surface area contributed by atoms with E-state index in [-0.39, 0.29) is 12.3 Å². The van der Waals surface area contributed by atoms with Crippen LogP contribution in [-0.4, -0.2) is 37.4 Å². The minimum atomic E-state index is -0.0324. The van der Waals surface area contributed by atoms with Gasteiger partial charge in [-0.05, 0) is 19.9 Å². The van der Waals surface area contributed by atoms with Crippen molar-refractivity contribution in [3.63, 3.8) is 0 Å². The molecule has 0 aliphatic carbocycles. The van der Waals surface area contributed by atoms with Crippen molar-refractivity contribution in [1.82, 2.24) is 30.3 Å². The van der Waals surface area contributed by atoms with Crippen LogP contribution in [0.2, 0.25) is 0 Å². The Kier molecular flexibility index (Phi) is 4.36. The third-order valence-electron chi connectivity index (χ3n) is 3.75. The monoisotopic (exact) mass is 312 g/mol. The molecule has 1 aromatic carbocycles. The van der Waals surface area contributed by atoms with Crippen LogP contribution in [0.4, 0.5) is 0 Å². The minimum Gasteiger partial charge on any atom is -0.355 e. The van der Waals surface area contributed by atoms with Crippen molar-refractivity contribution < 1.29 is 4.79 Å². The van der Waals surface area contributed by atoms with E-state index in [9.17, 15) is 4.79 Å². The maximum atomic E-state index is 12.1. The van der Waals surface area contributed by atoms with Crippen molar-refractivity contribution in [3.05, 3.63) is 42.1 Å². The highest BCUT2D eigenvalue weighted by atomic mass is 16.1. The number of hydrogen-bond donors (Lipinski definition) is 2. The summed E-state index contributed by atoms with van der Waals surface area (Å²) in [6.07, 6.45) is 2.67. The van der Waals surface area contributed by atoms with E-state index in [1.807, 2.05) is 28.8 Å². The van der Waals surface area contributed by atoms with Crippen LogP contribution in [0.15, 0.2) is 30.6 Å². The van der Waals surface area contributed by atoms with Crippen LogP contribution in [0.1, 0.15) is 31.4 Å². The topological polar surface area (TPSA) is 88.5 Å². The molecule has 0 atom stereocenters. The maximum Gasteiger partial charge on any atom is 0.226 e. The quantitative estimate of drug-likeness (QED) is 0.724. The van der Waals surface area contributed by atoms with Gasteiger partial charge in [0.05, 0.1) is 17.6 Å². The molecule has 2 N–H and O–H groups in total. The Morgan fingerprint density at radius 2 is 2.17 bits per heavy atom. The highest BCUT2D eigenvalue weighted by Crippen LogP contribution is 2.15. The molecule has 0 saturated carbocycles. The molecule has 0 fully saturated rings. The average molecular weight is 312 g/mol. The van der Waals surface area contributed by atoms with E-state index in [2.05, 4.69) is 39.6 Å².